The number of carbonyl (C=O) groups is 3. The Hall–Kier alpha value is -3.40. The summed E-state index contributed by atoms with van der Waals surface area (Å²) in [4.78, 5) is 36.3. The Morgan fingerprint density at radius 1 is 0.900 bits per heavy atom. The predicted molar refractivity (Wildman–Crippen MR) is 111 cm³/mol. The van der Waals surface area contributed by atoms with Crippen LogP contribution in [0, 0.1) is 0 Å². The lowest BCUT2D eigenvalue weighted by atomic mass is 10.1. The van der Waals surface area contributed by atoms with Gasteiger partial charge in [-0.3, -0.25) is 9.10 Å². The molecule has 0 aliphatic carbocycles. The first kappa shape index (κ1) is 22.9. The molecule has 0 aromatic heterocycles. The van der Waals surface area contributed by atoms with Crippen LogP contribution in [0.4, 0.5) is 11.4 Å². The number of hydrogen-bond donors (Lipinski definition) is 1. The van der Waals surface area contributed by atoms with Gasteiger partial charge in [-0.1, -0.05) is 0 Å². The predicted octanol–water partition coefficient (Wildman–Crippen LogP) is 2.30. The standard InChI is InChI=1S/C20H22N2O7S/c1-5-22(30(4,26)27)17-8-6-13(7-9-17)18(23)21-16-11-14(19(24)28-2)10-15(12-16)20(25)29-3/h6-12H,5H2,1-4H3,(H,21,23). The van der Waals surface area contributed by atoms with E-state index in [0.29, 0.717) is 5.69 Å². The third-order valence-electron chi connectivity index (χ3n) is 4.14. The highest BCUT2D eigenvalue weighted by Crippen LogP contribution is 2.20. The van der Waals surface area contributed by atoms with Gasteiger partial charge in [-0.2, -0.15) is 0 Å². The van der Waals surface area contributed by atoms with Crippen LogP contribution in [0.5, 0.6) is 0 Å². The number of nitrogens with zero attached hydrogens (tertiary/aromatic N) is 1. The first-order chi connectivity index (χ1) is 14.1. The molecule has 0 aliphatic rings. The van der Waals surface area contributed by atoms with Crippen LogP contribution in [-0.2, 0) is 19.5 Å². The Morgan fingerprint density at radius 2 is 1.40 bits per heavy atom. The van der Waals surface area contributed by atoms with Gasteiger partial charge in [-0.25, -0.2) is 18.0 Å². The summed E-state index contributed by atoms with van der Waals surface area (Å²) in [6, 6.07) is 10.0. The number of nitrogens with one attached hydrogen (secondary N) is 1. The molecule has 10 heteroatoms. The van der Waals surface area contributed by atoms with Crippen molar-refractivity contribution in [2.24, 2.45) is 0 Å². The smallest absolute Gasteiger partial charge is 0.337 e. The molecule has 0 saturated carbocycles. The van der Waals surface area contributed by atoms with Gasteiger partial charge in [0.25, 0.3) is 5.91 Å². The Kier molecular flexibility index (Phi) is 7.17. The number of hydrogen-bond acceptors (Lipinski definition) is 7. The number of carbonyl (C=O) groups excluding carboxylic acids is 3. The zero-order valence-electron chi connectivity index (χ0n) is 17.0. The van der Waals surface area contributed by atoms with E-state index in [-0.39, 0.29) is 28.9 Å². The van der Waals surface area contributed by atoms with Crippen molar-refractivity contribution in [1.29, 1.82) is 0 Å². The zero-order chi connectivity index (χ0) is 22.5. The highest BCUT2D eigenvalue weighted by molar-refractivity contribution is 7.92. The number of methoxy groups -OCH3 is 2. The van der Waals surface area contributed by atoms with E-state index in [1.165, 1.54) is 61.0 Å². The number of sulfonamides is 1. The van der Waals surface area contributed by atoms with Crippen LogP contribution in [-0.4, -0.2) is 53.3 Å². The molecule has 0 spiro atoms. The van der Waals surface area contributed by atoms with E-state index in [0.717, 1.165) is 6.26 Å². The third-order valence-corrected chi connectivity index (χ3v) is 5.41. The Balaban J connectivity index is 2.31. The minimum absolute atomic E-state index is 0.0674. The Bertz CT molecular complexity index is 1030. The molecule has 0 unspecified atom stereocenters. The molecule has 160 valence electrons. The zero-order valence-corrected chi connectivity index (χ0v) is 17.8. The number of esters is 2. The van der Waals surface area contributed by atoms with E-state index in [9.17, 15) is 22.8 Å². The van der Waals surface area contributed by atoms with Crippen molar-refractivity contribution in [3.05, 3.63) is 59.2 Å². The van der Waals surface area contributed by atoms with Crippen molar-refractivity contribution < 1.29 is 32.3 Å². The van der Waals surface area contributed by atoms with Crippen LogP contribution in [0.1, 0.15) is 38.0 Å². The van der Waals surface area contributed by atoms with E-state index in [1.807, 2.05) is 0 Å². The lowest BCUT2D eigenvalue weighted by molar-refractivity contribution is 0.0598. The van der Waals surface area contributed by atoms with Crippen LogP contribution in [0.2, 0.25) is 0 Å². The molecule has 30 heavy (non-hydrogen) atoms. The summed E-state index contributed by atoms with van der Waals surface area (Å²) < 4.78 is 34.2. The quantitative estimate of drug-likeness (QED) is 0.664. The van der Waals surface area contributed by atoms with Gasteiger partial charge >= 0.3 is 11.9 Å². The van der Waals surface area contributed by atoms with Crippen molar-refractivity contribution in [3.63, 3.8) is 0 Å². The second-order valence-electron chi connectivity index (χ2n) is 6.21. The SMILES string of the molecule is CCN(c1ccc(C(=O)Nc2cc(C(=O)OC)cc(C(=O)OC)c2)cc1)S(C)(=O)=O. The molecule has 0 radical (unpaired) electrons. The largest absolute Gasteiger partial charge is 0.465 e. The van der Waals surface area contributed by atoms with Crippen LogP contribution in [0.25, 0.3) is 0 Å². The molecule has 0 heterocycles. The van der Waals surface area contributed by atoms with Gasteiger partial charge in [-0.05, 0) is 49.4 Å². The first-order valence-electron chi connectivity index (χ1n) is 8.81. The van der Waals surface area contributed by atoms with E-state index in [4.69, 9.17) is 0 Å². The summed E-state index contributed by atoms with van der Waals surface area (Å²) in [7, 11) is -1.04. The average molecular weight is 434 g/mol. The topological polar surface area (TPSA) is 119 Å². The van der Waals surface area contributed by atoms with Gasteiger partial charge in [0.2, 0.25) is 10.0 Å². The molecule has 0 fully saturated rings. The lowest BCUT2D eigenvalue weighted by Crippen LogP contribution is -2.29. The fourth-order valence-electron chi connectivity index (χ4n) is 2.76. The molecule has 9 nitrogen and oxygen atoms in total. The Morgan fingerprint density at radius 3 is 1.80 bits per heavy atom. The second kappa shape index (κ2) is 9.40. The van der Waals surface area contributed by atoms with Crippen molar-refractivity contribution >= 4 is 39.2 Å². The molecule has 0 saturated heterocycles. The average Bonchev–Trinajstić information content (AvgIpc) is 2.72. The van der Waals surface area contributed by atoms with Crippen molar-refractivity contribution in [1.82, 2.24) is 0 Å². The van der Waals surface area contributed by atoms with Gasteiger partial charge in [-0.15, -0.1) is 0 Å². The molecule has 0 bridgehead atoms. The summed E-state index contributed by atoms with van der Waals surface area (Å²) in [5.74, 6) is -1.87. The minimum Gasteiger partial charge on any atom is -0.465 e. The summed E-state index contributed by atoms with van der Waals surface area (Å²) in [5.41, 5.74) is 1.01. The van der Waals surface area contributed by atoms with Gasteiger partial charge in [0, 0.05) is 17.8 Å². The minimum atomic E-state index is -3.44. The van der Waals surface area contributed by atoms with Gasteiger partial charge in [0.05, 0.1) is 37.3 Å². The lowest BCUT2D eigenvalue weighted by Gasteiger charge is -2.20. The Labute approximate surface area is 174 Å². The molecule has 0 atom stereocenters. The molecule has 1 N–H and O–H groups in total. The molecule has 2 rings (SSSR count). The van der Waals surface area contributed by atoms with Crippen LogP contribution < -0.4 is 9.62 Å². The number of ether oxygens (including phenoxy) is 2. The van der Waals surface area contributed by atoms with Crippen LogP contribution in [0.15, 0.2) is 42.5 Å². The normalized spacial score (nSPS) is 10.8. The van der Waals surface area contributed by atoms with Crippen molar-refractivity contribution in [3.8, 4) is 0 Å². The van der Waals surface area contributed by atoms with Gasteiger partial charge in [0.15, 0.2) is 0 Å². The monoisotopic (exact) mass is 434 g/mol. The van der Waals surface area contributed by atoms with Gasteiger partial charge in [0.1, 0.15) is 0 Å². The van der Waals surface area contributed by atoms with E-state index in [2.05, 4.69) is 14.8 Å². The molecule has 2 aromatic carbocycles. The van der Waals surface area contributed by atoms with Crippen LogP contribution >= 0.6 is 0 Å². The van der Waals surface area contributed by atoms with E-state index >= 15 is 0 Å². The number of amides is 1. The van der Waals surface area contributed by atoms with Gasteiger partial charge < -0.3 is 14.8 Å². The first-order valence-corrected chi connectivity index (χ1v) is 10.7. The molecule has 0 aliphatic heterocycles. The van der Waals surface area contributed by atoms with Crippen molar-refractivity contribution in [2.75, 3.05) is 36.6 Å². The molecular weight excluding hydrogens is 412 g/mol. The number of benzene rings is 2. The van der Waals surface area contributed by atoms with Crippen LogP contribution in [0.3, 0.4) is 0 Å². The summed E-state index contributed by atoms with van der Waals surface area (Å²) in [5, 5.41) is 2.60. The summed E-state index contributed by atoms with van der Waals surface area (Å²) in [6.45, 7) is 1.95. The maximum absolute atomic E-state index is 12.6. The molecule has 2 aromatic rings. The number of rotatable bonds is 7. The third kappa shape index (κ3) is 5.35. The highest BCUT2D eigenvalue weighted by Gasteiger charge is 2.17. The fraction of sp³-hybridized carbons (Fsp3) is 0.250. The van der Waals surface area contributed by atoms with Crippen molar-refractivity contribution in [2.45, 2.75) is 6.92 Å². The summed E-state index contributed by atoms with van der Waals surface area (Å²) in [6.07, 6.45) is 1.10. The summed E-state index contributed by atoms with van der Waals surface area (Å²) >= 11 is 0. The maximum atomic E-state index is 12.6. The molecular formula is C20H22N2O7S. The van der Waals surface area contributed by atoms with E-state index < -0.39 is 27.9 Å². The van der Waals surface area contributed by atoms with E-state index in [1.54, 1.807) is 6.92 Å². The number of anilines is 2. The fourth-order valence-corrected chi connectivity index (χ4v) is 3.74. The second-order valence-corrected chi connectivity index (χ2v) is 8.12. The highest BCUT2D eigenvalue weighted by atomic mass is 32.2. The molecule has 1 amide bonds. The maximum Gasteiger partial charge on any atom is 0.337 e.